The van der Waals surface area contributed by atoms with Gasteiger partial charge < -0.3 is 15.0 Å². The van der Waals surface area contributed by atoms with Gasteiger partial charge in [-0.15, -0.1) is 0 Å². The molecule has 138 valence electrons. The van der Waals surface area contributed by atoms with Gasteiger partial charge in [0.25, 0.3) is 0 Å². The second kappa shape index (κ2) is 8.85. The minimum atomic E-state index is -0.269. The van der Waals surface area contributed by atoms with E-state index in [0.717, 1.165) is 5.56 Å². The molecule has 1 aromatic carbocycles. The molecule has 0 aromatic heterocycles. The van der Waals surface area contributed by atoms with E-state index in [2.05, 4.69) is 42.3 Å². The van der Waals surface area contributed by atoms with E-state index in [4.69, 9.17) is 4.74 Å². The molecule has 2 amide bonds. The first kappa shape index (κ1) is 19.2. The SMILES string of the molecule is CCOC(=O)N1CCN(CC(=O)N[C@@H](C)c2ccc(C)c(C)c2)CC1. The van der Waals surface area contributed by atoms with Crippen LogP contribution < -0.4 is 5.32 Å². The highest BCUT2D eigenvalue weighted by molar-refractivity contribution is 5.78. The Bertz CT molecular complexity index is 610. The van der Waals surface area contributed by atoms with Crippen molar-refractivity contribution in [1.82, 2.24) is 15.1 Å². The Morgan fingerprint density at radius 2 is 1.84 bits per heavy atom. The normalized spacial score (nSPS) is 16.4. The molecule has 1 aromatic rings. The van der Waals surface area contributed by atoms with E-state index in [0.29, 0.717) is 39.3 Å². The average Bonchev–Trinajstić information content (AvgIpc) is 2.58. The lowest BCUT2D eigenvalue weighted by Crippen LogP contribution is -2.51. The number of ether oxygens (including phenoxy) is 1. The van der Waals surface area contributed by atoms with Crippen molar-refractivity contribution in [3.05, 3.63) is 34.9 Å². The van der Waals surface area contributed by atoms with Crippen LogP contribution in [0, 0.1) is 13.8 Å². The maximum Gasteiger partial charge on any atom is 0.409 e. The quantitative estimate of drug-likeness (QED) is 0.887. The lowest BCUT2D eigenvalue weighted by Gasteiger charge is -2.33. The first-order chi connectivity index (χ1) is 11.9. The molecule has 0 saturated carbocycles. The van der Waals surface area contributed by atoms with Gasteiger partial charge in [0.05, 0.1) is 19.2 Å². The first-order valence-corrected chi connectivity index (χ1v) is 8.91. The summed E-state index contributed by atoms with van der Waals surface area (Å²) >= 11 is 0. The van der Waals surface area contributed by atoms with Gasteiger partial charge in [-0.25, -0.2) is 4.79 Å². The summed E-state index contributed by atoms with van der Waals surface area (Å²) < 4.78 is 5.01. The van der Waals surface area contributed by atoms with Crippen molar-refractivity contribution in [3.63, 3.8) is 0 Å². The van der Waals surface area contributed by atoms with Crippen molar-refractivity contribution >= 4 is 12.0 Å². The molecule has 1 N–H and O–H groups in total. The first-order valence-electron chi connectivity index (χ1n) is 8.91. The number of hydrogen-bond acceptors (Lipinski definition) is 4. The highest BCUT2D eigenvalue weighted by Gasteiger charge is 2.23. The molecule has 1 aliphatic rings. The third-order valence-corrected chi connectivity index (χ3v) is 4.67. The van der Waals surface area contributed by atoms with Crippen LogP contribution in [0.15, 0.2) is 18.2 Å². The van der Waals surface area contributed by atoms with Gasteiger partial charge in [-0.3, -0.25) is 9.69 Å². The largest absolute Gasteiger partial charge is 0.450 e. The molecular weight excluding hydrogens is 318 g/mol. The number of rotatable bonds is 5. The Kier molecular flexibility index (Phi) is 6.82. The predicted molar refractivity (Wildman–Crippen MR) is 97.5 cm³/mol. The zero-order valence-electron chi connectivity index (χ0n) is 15.7. The van der Waals surface area contributed by atoms with E-state index < -0.39 is 0 Å². The summed E-state index contributed by atoms with van der Waals surface area (Å²) in [6.45, 7) is 11.3. The molecule has 1 saturated heterocycles. The lowest BCUT2D eigenvalue weighted by molar-refractivity contribution is -0.123. The number of aryl methyl sites for hydroxylation is 2. The maximum absolute atomic E-state index is 12.3. The summed E-state index contributed by atoms with van der Waals surface area (Å²) in [7, 11) is 0. The summed E-state index contributed by atoms with van der Waals surface area (Å²) in [5, 5.41) is 3.06. The molecule has 1 fully saturated rings. The van der Waals surface area contributed by atoms with Crippen molar-refractivity contribution < 1.29 is 14.3 Å². The highest BCUT2D eigenvalue weighted by Crippen LogP contribution is 2.16. The van der Waals surface area contributed by atoms with Gasteiger partial charge in [-0.05, 0) is 44.4 Å². The Morgan fingerprint density at radius 1 is 1.16 bits per heavy atom. The van der Waals surface area contributed by atoms with Crippen molar-refractivity contribution in [2.75, 3.05) is 39.3 Å². The molecule has 6 nitrogen and oxygen atoms in total. The number of hydrogen-bond donors (Lipinski definition) is 1. The summed E-state index contributed by atoms with van der Waals surface area (Å²) in [4.78, 5) is 27.8. The topological polar surface area (TPSA) is 61.9 Å². The Balaban J connectivity index is 1.79. The van der Waals surface area contributed by atoms with Crippen molar-refractivity contribution in [2.45, 2.75) is 33.7 Å². The van der Waals surface area contributed by atoms with Gasteiger partial charge >= 0.3 is 6.09 Å². The van der Waals surface area contributed by atoms with Gasteiger partial charge in [0, 0.05) is 26.2 Å². The van der Waals surface area contributed by atoms with Crippen LogP contribution in [0.5, 0.6) is 0 Å². The van der Waals surface area contributed by atoms with E-state index in [1.807, 2.05) is 6.92 Å². The van der Waals surface area contributed by atoms with Crippen LogP contribution in [-0.2, 0) is 9.53 Å². The Hall–Kier alpha value is -2.08. The Labute approximate surface area is 150 Å². The van der Waals surface area contributed by atoms with Gasteiger partial charge in [0.15, 0.2) is 0 Å². The predicted octanol–water partition coefficient (Wildman–Crippen LogP) is 2.25. The minimum absolute atomic E-state index is 0.00955. The van der Waals surface area contributed by atoms with E-state index in [9.17, 15) is 9.59 Å². The summed E-state index contributed by atoms with van der Waals surface area (Å²) in [6, 6.07) is 6.25. The van der Waals surface area contributed by atoms with E-state index in [1.54, 1.807) is 11.8 Å². The Morgan fingerprint density at radius 3 is 2.44 bits per heavy atom. The number of piperazine rings is 1. The number of nitrogens with zero attached hydrogens (tertiary/aromatic N) is 2. The fraction of sp³-hybridized carbons (Fsp3) is 0.579. The van der Waals surface area contributed by atoms with Gasteiger partial charge in [-0.1, -0.05) is 18.2 Å². The number of amides is 2. The smallest absolute Gasteiger partial charge is 0.409 e. The molecule has 0 spiro atoms. The maximum atomic E-state index is 12.3. The second-order valence-electron chi connectivity index (χ2n) is 6.60. The lowest BCUT2D eigenvalue weighted by atomic mass is 10.0. The molecule has 0 bridgehead atoms. The highest BCUT2D eigenvalue weighted by atomic mass is 16.6. The number of benzene rings is 1. The summed E-state index contributed by atoms with van der Waals surface area (Å²) in [5.74, 6) is 0.00955. The molecule has 2 rings (SSSR count). The molecular formula is C19H29N3O3. The molecule has 0 aliphatic carbocycles. The fourth-order valence-corrected chi connectivity index (χ4v) is 2.91. The number of carbonyl (C=O) groups excluding carboxylic acids is 2. The second-order valence-corrected chi connectivity index (χ2v) is 6.60. The standard InChI is InChI=1S/C19H29N3O3/c1-5-25-19(24)22-10-8-21(9-11-22)13-18(23)20-16(4)17-7-6-14(2)15(3)12-17/h6-7,12,16H,5,8-11,13H2,1-4H3,(H,20,23)/t16-/m0/s1. The molecule has 1 aliphatic heterocycles. The van der Waals surface area contributed by atoms with Gasteiger partial charge in [-0.2, -0.15) is 0 Å². The molecule has 6 heteroatoms. The van der Waals surface area contributed by atoms with Crippen molar-refractivity contribution in [3.8, 4) is 0 Å². The van der Waals surface area contributed by atoms with E-state index in [1.165, 1.54) is 11.1 Å². The van der Waals surface area contributed by atoms with Gasteiger partial charge in [0.1, 0.15) is 0 Å². The summed E-state index contributed by atoms with van der Waals surface area (Å²) in [5.41, 5.74) is 3.60. The fourth-order valence-electron chi connectivity index (χ4n) is 2.91. The molecule has 25 heavy (non-hydrogen) atoms. The molecule has 0 unspecified atom stereocenters. The van der Waals surface area contributed by atoms with Crippen LogP contribution in [0.1, 0.15) is 36.6 Å². The van der Waals surface area contributed by atoms with Crippen LogP contribution in [-0.4, -0.2) is 61.1 Å². The zero-order chi connectivity index (χ0) is 18.4. The van der Waals surface area contributed by atoms with Crippen molar-refractivity contribution in [2.24, 2.45) is 0 Å². The summed E-state index contributed by atoms with van der Waals surface area (Å²) in [6.07, 6.45) is -0.269. The van der Waals surface area contributed by atoms with Gasteiger partial charge in [0.2, 0.25) is 5.91 Å². The van der Waals surface area contributed by atoms with Crippen LogP contribution in [0.2, 0.25) is 0 Å². The minimum Gasteiger partial charge on any atom is -0.450 e. The molecule has 1 heterocycles. The molecule has 1 atom stereocenters. The number of nitrogens with one attached hydrogen (secondary N) is 1. The zero-order valence-corrected chi connectivity index (χ0v) is 15.7. The molecule has 0 radical (unpaired) electrons. The third-order valence-electron chi connectivity index (χ3n) is 4.67. The van der Waals surface area contributed by atoms with E-state index in [-0.39, 0.29) is 18.0 Å². The van der Waals surface area contributed by atoms with Crippen LogP contribution >= 0.6 is 0 Å². The van der Waals surface area contributed by atoms with E-state index >= 15 is 0 Å². The van der Waals surface area contributed by atoms with Crippen molar-refractivity contribution in [1.29, 1.82) is 0 Å². The monoisotopic (exact) mass is 347 g/mol. The average molecular weight is 347 g/mol. The third kappa shape index (κ3) is 5.46. The van der Waals surface area contributed by atoms with Crippen LogP contribution in [0.4, 0.5) is 4.79 Å². The van der Waals surface area contributed by atoms with Crippen LogP contribution in [0.25, 0.3) is 0 Å². The number of carbonyl (C=O) groups is 2. The van der Waals surface area contributed by atoms with Crippen LogP contribution in [0.3, 0.4) is 0 Å².